The summed E-state index contributed by atoms with van der Waals surface area (Å²) in [7, 11) is -3.34. The summed E-state index contributed by atoms with van der Waals surface area (Å²) in [4.78, 5) is 12.3. The van der Waals surface area contributed by atoms with Crippen LogP contribution >= 0.6 is 0 Å². The van der Waals surface area contributed by atoms with Crippen LogP contribution in [0.4, 0.5) is 0 Å². The smallest absolute Gasteiger partial charge is 0.268 e. The highest BCUT2D eigenvalue weighted by Crippen LogP contribution is 2.24. The molecule has 0 saturated carbocycles. The van der Waals surface area contributed by atoms with E-state index in [1.165, 1.54) is 0 Å². The molecule has 1 aliphatic carbocycles. The highest BCUT2D eigenvalue weighted by Gasteiger charge is 2.33. The molecule has 27 heavy (non-hydrogen) atoms. The monoisotopic (exact) mass is 394 g/mol. The molecule has 0 N–H and O–H groups in total. The Balaban J connectivity index is 1.37. The molecular weight excluding hydrogens is 364 g/mol. The van der Waals surface area contributed by atoms with Crippen LogP contribution in [-0.4, -0.2) is 53.0 Å². The molecule has 0 spiro atoms. The Morgan fingerprint density at radius 1 is 0.926 bits per heavy atom. The lowest BCUT2D eigenvalue weighted by Gasteiger charge is -2.34. The number of rotatable bonds is 4. The number of fused-ring (bicyclic) bond motifs is 1. The van der Waals surface area contributed by atoms with E-state index in [1.54, 1.807) is 19.4 Å². The molecule has 0 aromatic carbocycles. The lowest BCUT2D eigenvalue weighted by atomic mass is 9.98. The van der Waals surface area contributed by atoms with Gasteiger partial charge in [0.1, 0.15) is 0 Å². The number of nitrogens with zero attached hydrogens (tertiary/aromatic N) is 4. The third-order valence-electron chi connectivity index (χ3n) is 6.25. The Labute approximate surface area is 161 Å². The quantitative estimate of drug-likeness (QED) is 0.777. The third-order valence-corrected chi connectivity index (χ3v) is 8.28. The van der Waals surface area contributed by atoms with Crippen LogP contribution < -0.4 is 5.56 Å². The van der Waals surface area contributed by atoms with Crippen LogP contribution in [-0.2, 0) is 29.6 Å². The van der Waals surface area contributed by atoms with Crippen LogP contribution in [0.3, 0.4) is 0 Å². The Kier molecular flexibility index (Phi) is 5.66. The van der Waals surface area contributed by atoms with Crippen LogP contribution in [0.2, 0.25) is 0 Å². The average Bonchev–Trinajstić information content (AvgIpc) is 2.92. The summed E-state index contributed by atoms with van der Waals surface area (Å²) in [6.07, 6.45) is 8.75. The first-order chi connectivity index (χ1) is 13.0. The van der Waals surface area contributed by atoms with Crippen molar-refractivity contribution in [3.05, 3.63) is 27.7 Å². The molecule has 0 unspecified atom stereocenters. The predicted octanol–water partition coefficient (Wildman–Crippen LogP) is 1.56. The van der Waals surface area contributed by atoms with Gasteiger partial charge in [-0.05, 0) is 56.4 Å². The molecule has 150 valence electrons. The number of aryl methyl sites for hydroxylation is 2. The van der Waals surface area contributed by atoms with E-state index >= 15 is 0 Å². The van der Waals surface area contributed by atoms with Crippen molar-refractivity contribution >= 4 is 10.2 Å². The molecule has 0 amide bonds. The second-order valence-corrected chi connectivity index (χ2v) is 10.1. The number of piperidine rings is 1. The second kappa shape index (κ2) is 8.01. The maximum atomic E-state index is 12.9. The van der Waals surface area contributed by atoms with E-state index in [9.17, 15) is 13.2 Å². The van der Waals surface area contributed by atoms with Crippen LogP contribution in [0, 0.1) is 5.92 Å². The van der Waals surface area contributed by atoms with Crippen LogP contribution in [0.15, 0.2) is 10.9 Å². The largest absolute Gasteiger partial charge is 0.281 e. The summed E-state index contributed by atoms with van der Waals surface area (Å²) >= 11 is 0. The minimum absolute atomic E-state index is 0.0183. The molecule has 4 rings (SSSR count). The van der Waals surface area contributed by atoms with Crippen molar-refractivity contribution in [3.63, 3.8) is 0 Å². The molecular formula is C19H30N4O3S. The van der Waals surface area contributed by atoms with Gasteiger partial charge in [-0.1, -0.05) is 12.8 Å². The van der Waals surface area contributed by atoms with Crippen molar-refractivity contribution in [2.24, 2.45) is 5.92 Å². The standard InChI is InChI=1S/C19H30N4O3S/c24-19-14-17-6-5-7-18(17)20-23(19)15-16-8-12-22(13-9-16)27(25,26)21-10-3-1-2-4-11-21/h14,16H,1-13,15H2. The summed E-state index contributed by atoms with van der Waals surface area (Å²) in [6.45, 7) is 2.99. The van der Waals surface area contributed by atoms with Crippen molar-refractivity contribution in [1.29, 1.82) is 0 Å². The Morgan fingerprint density at radius 3 is 2.30 bits per heavy atom. The van der Waals surface area contributed by atoms with Gasteiger partial charge in [-0.2, -0.15) is 22.1 Å². The summed E-state index contributed by atoms with van der Waals surface area (Å²) in [5.41, 5.74) is 2.15. The summed E-state index contributed by atoms with van der Waals surface area (Å²) in [5, 5.41) is 4.56. The van der Waals surface area contributed by atoms with Gasteiger partial charge in [-0.15, -0.1) is 0 Å². The third kappa shape index (κ3) is 4.12. The van der Waals surface area contributed by atoms with E-state index in [4.69, 9.17) is 0 Å². The van der Waals surface area contributed by atoms with E-state index in [1.807, 2.05) is 0 Å². The fourth-order valence-electron chi connectivity index (χ4n) is 4.57. The van der Waals surface area contributed by atoms with Gasteiger partial charge in [0.15, 0.2) is 0 Å². The first kappa shape index (κ1) is 19.1. The van der Waals surface area contributed by atoms with E-state index in [-0.39, 0.29) is 5.56 Å². The van der Waals surface area contributed by atoms with Crippen molar-refractivity contribution in [2.45, 2.75) is 64.3 Å². The molecule has 1 aromatic rings. The Morgan fingerprint density at radius 2 is 1.59 bits per heavy atom. The summed E-state index contributed by atoms with van der Waals surface area (Å²) in [6, 6.07) is 1.74. The highest BCUT2D eigenvalue weighted by atomic mass is 32.2. The first-order valence-electron chi connectivity index (χ1n) is 10.4. The van der Waals surface area contributed by atoms with Gasteiger partial charge in [-0.25, -0.2) is 4.68 Å². The van der Waals surface area contributed by atoms with Crippen molar-refractivity contribution in [1.82, 2.24) is 18.4 Å². The fraction of sp³-hybridized carbons (Fsp3) is 0.789. The van der Waals surface area contributed by atoms with Gasteiger partial charge >= 0.3 is 0 Å². The number of aromatic nitrogens is 2. The fourth-order valence-corrected chi connectivity index (χ4v) is 6.29. The van der Waals surface area contributed by atoms with Gasteiger partial charge in [0.2, 0.25) is 0 Å². The average molecular weight is 395 g/mol. The van der Waals surface area contributed by atoms with Crippen LogP contribution in [0.1, 0.15) is 56.2 Å². The normalized spacial score (nSPS) is 23.3. The van der Waals surface area contributed by atoms with E-state index in [0.717, 1.165) is 69.0 Å². The zero-order chi connectivity index (χ0) is 18.9. The van der Waals surface area contributed by atoms with Crippen molar-refractivity contribution < 1.29 is 8.42 Å². The molecule has 0 radical (unpaired) electrons. The van der Waals surface area contributed by atoms with Crippen LogP contribution in [0.5, 0.6) is 0 Å². The molecule has 2 aliphatic heterocycles. The molecule has 2 saturated heterocycles. The molecule has 3 aliphatic rings. The molecule has 7 nitrogen and oxygen atoms in total. The van der Waals surface area contributed by atoms with E-state index < -0.39 is 10.2 Å². The zero-order valence-corrected chi connectivity index (χ0v) is 16.8. The summed E-state index contributed by atoms with van der Waals surface area (Å²) in [5.74, 6) is 0.310. The molecule has 1 aromatic heterocycles. The molecule has 8 heteroatoms. The van der Waals surface area contributed by atoms with Gasteiger partial charge < -0.3 is 0 Å². The maximum absolute atomic E-state index is 12.9. The van der Waals surface area contributed by atoms with Gasteiger partial charge in [-0.3, -0.25) is 4.79 Å². The van der Waals surface area contributed by atoms with Crippen molar-refractivity contribution in [3.8, 4) is 0 Å². The molecule has 0 bridgehead atoms. The number of hydrogen-bond donors (Lipinski definition) is 0. The first-order valence-corrected chi connectivity index (χ1v) is 11.8. The predicted molar refractivity (Wildman–Crippen MR) is 104 cm³/mol. The highest BCUT2D eigenvalue weighted by molar-refractivity contribution is 7.86. The lowest BCUT2D eigenvalue weighted by Crippen LogP contribution is -2.48. The maximum Gasteiger partial charge on any atom is 0.281 e. The Hall–Kier alpha value is -1.25. The van der Waals surface area contributed by atoms with Crippen molar-refractivity contribution in [2.75, 3.05) is 26.2 Å². The topological polar surface area (TPSA) is 75.5 Å². The van der Waals surface area contributed by atoms with Crippen LogP contribution in [0.25, 0.3) is 0 Å². The summed E-state index contributed by atoms with van der Waals surface area (Å²) < 4.78 is 30.8. The van der Waals surface area contributed by atoms with E-state index in [0.29, 0.717) is 38.6 Å². The minimum atomic E-state index is -3.34. The zero-order valence-electron chi connectivity index (χ0n) is 16.0. The lowest BCUT2D eigenvalue weighted by molar-refractivity contribution is 0.231. The molecule has 0 atom stereocenters. The van der Waals surface area contributed by atoms with Gasteiger partial charge in [0.05, 0.1) is 5.69 Å². The Bertz CT molecular complexity index is 820. The minimum Gasteiger partial charge on any atom is -0.268 e. The number of hydrogen-bond acceptors (Lipinski definition) is 4. The SMILES string of the molecule is O=c1cc2c(nn1CC1CCN(S(=O)(=O)N3CCCCCC3)CC1)CCC2. The van der Waals surface area contributed by atoms with Gasteiger partial charge in [0, 0.05) is 38.8 Å². The molecule has 2 fully saturated rings. The second-order valence-electron chi connectivity index (χ2n) is 8.15. The molecule has 3 heterocycles. The van der Waals surface area contributed by atoms with Gasteiger partial charge in [0.25, 0.3) is 15.8 Å². The van der Waals surface area contributed by atoms with E-state index in [2.05, 4.69) is 5.10 Å².